The Morgan fingerprint density at radius 2 is 1.25 bits per heavy atom. The molecule has 0 aromatic heterocycles. The standard InChI is InChI=1S/C34H26N8O11S3.3Na/c35-31-30-19(17-29(56(51,52)53)33(34(30)44)42-38-21-6-2-1-3-7-21)16-28(55(48,49)50)32(31)41-39-23-14-15-25(27(18-23)54(45,46)47)36-20-10-12-22(13-11-20)37-40-24-8-4-5-9-26(24)43;;;/h1-18,36,38,43H,35H2,(H,45,46,47)(H,48,49,50)(H,51,52,53);;;/q;3*+1/p-3/b40-37?,41-39?,42-33+;;;. The number of nitrogen functional groups attached to an aromatic ring is 1. The van der Waals surface area contributed by atoms with Crippen molar-refractivity contribution < 1.29 is 137 Å². The van der Waals surface area contributed by atoms with E-state index in [1.54, 1.807) is 30.3 Å². The minimum atomic E-state index is -5.48. The van der Waals surface area contributed by atoms with Crippen LogP contribution in [0.25, 0.3) is 6.08 Å². The molecular weight excluding hydrogens is 862 g/mol. The second kappa shape index (κ2) is 20.2. The molecule has 0 radical (unpaired) electrons. The maximum atomic E-state index is 13.7. The smallest absolute Gasteiger partial charge is 0.871 e. The van der Waals surface area contributed by atoms with Gasteiger partial charge in [-0.05, 0) is 78.4 Å². The van der Waals surface area contributed by atoms with Gasteiger partial charge in [-0.15, -0.1) is 5.11 Å². The first kappa shape index (κ1) is 49.7. The molecule has 19 nitrogen and oxygen atoms in total. The third-order valence-corrected chi connectivity index (χ3v) is 10.3. The second-order valence-corrected chi connectivity index (χ2v) is 15.6. The van der Waals surface area contributed by atoms with Gasteiger partial charge in [-0.2, -0.15) is 28.9 Å². The molecular formula is C34H23N8Na3O11S3. The number of carbonyl (C=O) groups excluding carboxylic acids is 1. The summed E-state index contributed by atoms with van der Waals surface area (Å²) in [5, 5.41) is 33.8. The van der Waals surface area contributed by atoms with Gasteiger partial charge in [0.25, 0.3) is 10.1 Å². The van der Waals surface area contributed by atoms with Gasteiger partial charge in [-0.25, -0.2) is 16.8 Å². The number of Topliss-reactive ketones (excluding diaryl/α,β-unsaturated/α-hetero) is 1. The van der Waals surface area contributed by atoms with Crippen molar-refractivity contribution in [2.24, 2.45) is 25.6 Å². The SMILES string of the molecule is Nc1c(N=Nc2ccc(Nc3ccc(N=Nc4ccccc4[O-])cc3)c(S(=O)(=O)[O-])c2)c(S(=O)(=O)[O-])cc2c1C(=O)/C(=N/Nc1ccccc1)C(S(=O)(=O)O)=C2.[Na+].[Na+].[Na+]. The Morgan fingerprint density at radius 3 is 1.86 bits per heavy atom. The average Bonchev–Trinajstić information content (AvgIpc) is 3.13. The van der Waals surface area contributed by atoms with E-state index in [0.717, 1.165) is 12.1 Å². The van der Waals surface area contributed by atoms with Crippen molar-refractivity contribution in [3.63, 3.8) is 0 Å². The fourth-order valence-electron chi connectivity index (χ4n) is 5.13. The number of fused-ring (bicyclic) bond motifs is 1. The molecule has 0 bridgehead atoms. The summed E-state index contributed by atoms with van der Waals surface area (Å²) in [7, 11) is -15.9. The summed E-state index contributed by atoms with van der Waals surface area (Å²) < 4.78 is 108. The molecule has 0 heterocycles. The molecule has 59 heavy (non-hydrogen) atoms. The maximum Gasteiger partial charge on any atom is 1.00 e. The largest absolute Gasteiger partial charge is 1.00 e. The van der Waals surface area contributed by atoms with Crippen LogP contribution in [0.15, 0.2) is 143 Å². The Bertz CT molecular complexity index is 2880. The number of nitrogens with one attached hydrogen (secondary N) is 2. The minimum Gasteiger partial charge on any atom is -0.871 e. The van der Waals surface area contributed by atoms with Crippen molar-refractivity contribution in [1.82, 2.24) is 0 Å². The molecule has 5 aromatic rings. The Kier molecular flexibility index (Phi) is 17.0. The monoisotopic (exact) mass is 884 g/mol. The molecule has 0 spiro atoms. The van der Waals surface area contributed by atoms with Crippen LogP contribution < -0.4 is 110 Å². The number of para-hydroxylation sites is 2. The van der Waals surface area contributed by atoms with Crippen LogP contribution in [0.4, 0.5) is 45.5 Å². The summed E-state index contributed by atoms with van der Waals surface area (Å²) in [6, 6.07) is 23.6. The Morgan fingerprint density at radius 1 is 0.661 bits per heavy atom. The number of allylic oxidation sites excluding steroid dienone is 1. The third-order valence-electron chi connectivity index (χ3n) is 7.70. The van der Waals surface area contributed by atoms with E-state index in [1.807, 2.05) is 0 Å². The number of rotatable bonds is 11. The predicted octanol–water partition coefficient (Wildman–Crippen LogP) is -3.37. The van der Waals surface area contributed by atoms with Crippen LogP contribution in [0.5, 0.6) is 5.75 Å². The van der Waals surface area contributed by atoms with Gasteiger partial charge in [0, 0.05) is 5.69 Å². The molecule has 286 valence electrons. The summed E-state index contributed by atoms with van der Waals surface area (Å²) in [5.41, 5.74) is 5.63. The maximum absolute atomic E-state index is 13.7. The molecule has 0 saturated heterocycles. The van der Waals surface area contributed by atoms with Crippen LogP contribution in [-0.2, 0) is 30.4 Å². The average molecular weight is 885 g/mol. The molecule has 0 saturated carbocycles. The quantitative estimate of drug-likeness (QED) is 0.0331. The van der Waals surface area contributed by atoms with E-state index in [4.69, 9.17) is 5.73 Å². The fourth-order valence-corrected chi connectivity index (χ4v) is 7.11. The van der Waals surface area contributed by atoms with E-state index in [2.05, 4.69) is 36.3 Å². The van der Waals surface area contributed by atoms with Gasteiger partial charge in [0.2, 0.25) is 5.78 Å². The molecule has 1 aliphatic carbocycles. The van der Waals surface area contributed by atoms with E-state index >= 15 is 0 Å². The molecule has 5 aromatic carbocycles. The summed E-state index contributed by atoms with van der Waals surface area (Å²) in [6.45, 7) is 0. The Hall–Kier alpha value is -3.69. The molecule has 0 fully saturated rings. The molecule has 0 unspecified atom stereocenters. The van der Waals surface area contributed by atoms with Crippen molar-refractivity contribution in [3.05, 3.63) is 119 Å². The zero-order valence-electron chi connectivity index (χ0n) is 31.0. The predicted molar refractivity (Wildman–Crippen MR) is 199 cm³/mol. The van der Waals surface area contributed by atoms with Gasteiger partial charge in [0.15, 0.2) is 5.71 Å². The van der Waals surface area contributed by atoms with Gasteiger partial charge < -0.3 is 25.3 Å². The van der Waals surface area contributed by atoms with Crippen LogP contribution >= 0.6 is 0 Å². The van der Waals surface area contributed by atoms with Crippen molar-refractivity contribution >= 4 is 93.4 Å². The number of nitrogens with two attached hydrogens (primary N) is 1. The number of hydrazone groups is 1. The van der Waals surface area contributed by atoms with E-state index in [1.165, 1.54) is 54.6 Å². The summed E-state index contributed by atoms with van der Waals surface area (Å²) in [6.07, 6.45) is 0.687. The van der Waals surface area contributed by atoms with Gasteiger partial charge in [0.05, 0.1) is 49.5 Å². The zero-order valence-corrected chi connectivity index (χ0v) is 39.4. The molecule has 5 N–H and O–H groups in total. The summed E-state index contributed by atoms with van der Waals surface area (Å²) >= 11 is 0. The molecule has 1 aliphatic rings. The third kappa shape index (κ3) is 12.0. The van der Waals surface area contributed by atoms with E-state index in [0.29, 0.717) is 29.2 Å². The Labute approximate surface area is 403 Å². The van der Waals surface area contributed by atoms with Gasteiger partial charge in [-0.3, -0.25) is 14.8 Å². The molecule has 0 aliphatic heterocycles. The van der Waals surface area contributed by atoms with Gasteiger partial charge in [0.1, 0.15) is 30.8 Å². The van der Waals surface area contributed by atoms with Crippen LogP contribution in [0, 0.1) is 0 Å². The Balaban J connectivity index is 0.00000310. The first-order chi connectivity index (χ1) is 26.4. The van der Waals surface area contributed by atoms with Gasteiger partial charge in [-0.1, -0.05) is 42.1 Å². The van der Waals surface area contributed by atoms with Crippen LogP contribution in [0.3, 0.4) is 0 Å². The summed E-state index contributed by atoms with van der Waals surface area (Å²) in [5.74, 6) is -1.55. The number of carbonyl (C=O) groups is 1. The molecule has 0 amide bonds. The number of hydrogen-bond acceptors (Lipinski definition) is 18. The normalized spacial score (nSPS) is 13.5. The van der Waals surface area contributed by atoms with Crippen LogP contribution in [0.2, 0.25) is 0 Å². The number of azo groups is 2. The van der Waals surface area contributed by atoms with Crippen molar-refractivity contribution in [2.75, 3.05) is 16.5 Å². The number of hydrogen-bond donors (Lipinski definition) is 4. The fraction of sp³-hybridized carbons (Fsp3) is 0. The van der Waals surface area contributed by atoms with Crippen LogP contribution in [0.1, 0.15) is 15.9 Å². The van der Waals surface area contributed by atoms with Crippen LogP contribution in [-0.4, -0.2) is 50.4 Å². The first-order valence-electron chi connectivity index (χ1n) is 15.5. The number of benzene rings is 5. The molecule has 25 heteroatoms. The van der Waals surface area contributed by atoms with Crippen molar-refractivity contribution in [1.29, 1.82) is 0 Å². The van der Waals surface area contributed by atoms with E-state index in [9.17, 15) is 48.8 Å². The van der Waals surface area contributed by atoms with Crippen molar-refractivity contribution in [3.8, 4) is 5.75 Å². The first-order valence-corrected chi connectivity index (χ1v) is 19.8. The molecule has 6 rings (SSSR count). The number of anilines is 4. The molecule has 0 atom stereocenters. The topological polar surface area (TPSA) is 321 Å². The minimum absolute atomic E-state index is 0. The number of nitrogens with zero attached hydrogens (tertiary/aromatic N) is 5. The van der Waals surface area contributed by atoms with Crippen molar-refractivity contribution in [2.45, 2.75) is 9.79 Å². The van der Waals surface area contributed by atoms with Gasteiger partial charge >= 0.3 is 88.7 Å². The second-order valence-electron chi connectivity index (χ2n) is 11.5. The van der Waals surface area contributed by atoms with E-state index in [-0.39, 0.29) is 111 Å². The zero-order chi connectivity index (χ0) is 40.4. The van der Waals surface area contributed by atoms with E-state index < -0.39 is 79.0 Å². The number of ketones is 1. The summed E-state index contributed by atoms with van der Waals surface area (Å²) in [4.78, 5) is 10.7.